The van der Waals surface area contributed by atoms with Crippen LogP contribution in [-0.2, 0) is 6.42 Å². The van der Waals surface area contributed by atoms with Gasteiger partial charge in [-0.15, -0.1) is 11.3 Å². The fourth-order valence-corrected chi connectivity index (χ4v) is 3.55. The van der Waals surface area contributed by atoms with Gasteiger partial charge in [0.15, 0.2) is 0 Å². The molecule has 0 saturated heterocycles. The van der Waals surface area contributed by atoms with Crippen molar-refractivity contribution < 1.29 is 0 Å². The zero-order valence-corrected chi connectivity index (χ0v) is 12.4. The number of aromatic nitrogens is 1. The second-order valence-electron chi connectivity index (χ2n) is 4.86. The first-order valence-corrected chi connectivity index (χ1v) is 7.85. The van der Waals surface area contributed by atoms with Gasteiger partial charge in [-0.2, -0.15) is 0 Å². The topological polar surface area (TPSA) is 24.9 Å². The highest BCUT2D eigenvalue weighted by Crippen LogP contribution is 2.30. The average molecular weight is 282 g/mol. The molecule has 102 valence electrons. The Labute approximate surface area is 123 Å². The van der Waals surface area contributed by atoms with Crippen LogP contribution in [0.1, 0.15) is 24.1 Å². The van der Waals surface area contributed by atoms with Gasteiger partial charge in [0.1, 0.15) is 0 Å². The van der Waals surface area contributed by atoms with Crippen LogP contribution >= 0.6 is 11.3 Å². The van der Waals surface area contributed by atoms with Gasteiger partial charge in [-0.25, -0.2) is 0 Å². The monoisotopic (exact) mass is 282 g/mol. The third kappa shape index (κ3) is 2.74. The molecule has 0 aliphatic carbocycles. The lowest BCUT2D eigenvalue weighted by Crippen LogP contribution is -2.23. The van der Waals surface area contributed by atoms with Crippen LogP contribution in [0.4, 0.5) is 0 Å². The lowest BCUT2D eigenvalue weighted by Gasteiger charge is -2.19. The van der Waals surface area contributed by atoms with Gasteiger partial charge in [0.2, 0.25) is 0 Å². The summed E-state index contributed by atoms with van der Waals surface area (Å²) in [4.78, 5) is 4.09. The number of nitrogens with zero attached hydrogens (tertiary/aromatic N) is 1. The molecule has 1 aromatic carbocycles. The molecule has 0 bridgehead atoms. The summed E-state index contributed by atoms with van der Waals surface area (Å²) >= 11 is 1.83. The summed E-state index contributed by atoms with van der Waals surface area (Å²) in [5.41, 5.74) is 2.72. The third-order valence-corrected chi connectivity index (χ3v) is 4.50. The van der Waals surface area contributed by atoms with Crippen molar-refractivity contribution in [2.75, 3.05) is 6.54 Å². The minimum absolute atomic E-state index is 0.352. The number of thiophene rings is 1. The van der Waals surface area contributed by atoms with E-state index in [9.17, 15) is 0 Å². The SMILES string of the molecule is CCNC(Cc1ccncc1)c1cccc2ccsc12. The van der Waals surface area contributed by atoms with E-state index in [2.05, 4.69) is 59.0 Å². The number of hydrogen-bond acceptors (Lipinski definition) is 3. The Morgan fingerprint density at radius 3 is 2.80 bits per heavy atom. The van der Waals surface area contributed by atoms with Crippen molar-refractivity contribution in [2.24, 2.45) is 0 Å². The van der Waals surface area contributed by atoms with Crippen molar-refractivity contribution in [2.45, 2.75) is 19.4 Å². The Morgan fingerprint density at radius 2 is 2.00 bits per heavy atom. The Hall–Kier alpha value is -1.71. The van der Waals surface area contributed by atoms with Crippen LogP contribution in [-0.4, -0.2) is 11.5 Å². The van der Waals surface area contributed by atoms with E-state index in [-0.39, 0.29) is 0 Å². The first kappa shape index (κ1) is 13.3. The van der Waals surface area contributed by atoms with Gasteiger partial charge in [-0.3, -0.25) is 4.98 Å². The maximum Gasteiger partial charge on any atom is 0.0390 e. The first-order valence-electron chi connectivity index (χ1n) is 6.97. The summed E-state index contributed by atoms with van der Waals surface area (Å²) in [6.45, 7) is 3.13. The zero-order valence-electron chi connectivity index (χ0n) is 11.5. The molecule has 0 spiro atoms. The average Bonchev–Trinajstić information content (AvgIpc) is 2.96. The van der Waals surface area contributed by atoms with E-state index in [1.807, 2.05) is 23.7 Å². The van der Waals surface area contributed by atoms with Gasteiger partial charge in [-0.05, 0) is 53.1 Å². The van der Waals surface area contributed by atoms with Crippen molar-refractivity contribution in [3.63, 3.8) is 0 Å². The number of benzene rings is 1. The van der Waals surface area contributed by atoms with E-state index < -0.39 is 0 Å². The molecule has 2 heterocycles. The van der Waals surface area contributed by atoms with E-state index in [1.165, 1.54) is 21.2 Å². The maximum absolute atomic E-state index is 4.09. The van der Waals surface area contributed by atoms with Crippen LogP contribution in [0.2, 0.25) is 0 Å². The van der Waals surface area contributed by atoms with Crippen molar-refractivity contribution in [3.8, 4) is 0 Å². The van der Waals surface area contributed by atoms with Crippen LogP contribution in [0.15, 0.2) is 54.2 Å². The molecule has 0 amide bonds. The molecular formula is C17H18N2S. The summed E-state index contributed by atoms with van der Waals surface area (Å²) in [7, 11) is 0. The first-order chi connectivity index (χ1) is 9.88. The highest BCUT2D eigenvalue weighted by molar-refractivity contribution is 7.17. The number of hydrogen-bond donors (Lipinski definition) is 1. The molecule has 0 aliphatic heterocycles. The Bertz CT molecular complexity index is 676. The minimum Gasteiger partial charge on any atom is -0.310 e. The van der Waals surface area contributed by atoms with Crippen LogP contribution in [0.5, 0.6) is 0 Å². The third-order valence-electron chi connectivity index (χ3n) is 3.52. The molecule has 3 rings (SSSR count). The summed E-state index contributed by atoms with van der Waals surface area (Å²) in [5, 5.41) is 7.12. The van der Waals surface area contributed by atoms with Gasteiger partial charge < -0.3 is 5.32 Å². The fourth-order valence-electron chi connectivity index (χ4n) is 2.58. The van der Waals surface area contributed by atoms with Gasteiger partial charge >= 0.3 is 0 Å². The van der Waals surface area contributed by atoms with Crippen LogP contribution < -0.4 is 5.32 Å². The van der Waals surface area contributed by atoms with E-state index >= 15 is 0 Å². The Kier molecular flexibility index (Phi) is 4.09. The Morgan fingerprint density at radius 1 is 1.15 bits per heavy atom. The molecule has 2 aromatic heterocycles. The van der Waals surface area contributed by atoms with Gasteiger partial charge in [0, 0.05) is 23.1 Å². The molecule has 0 fully saturated rings. The molecule has 0 radical (unpaired) electrons. The quantitative estimate of drug-likeness (QED) is 0.759. The number of likely N-dealkylation sites (N-methyl/N-ethyl adjacent to an activating group) is 1. The van der Waals surface area contributed by atoms with Crippen molar-refractivity contribution in [1.82, 2.24) is 10.3 Å². The van der Waals surface area contributed by atoms with Crippen LogP contribution in [0.3, 0.4) is 0 Å². The van der Waals surface area contributed by atoms with Crippen LogP contribution in [0.25, 0.3) is 10.1 Å². The number of rotatable bonds is 5. The van der Waals surface area contributed by atoms with Crippen molar-refractivity contribution in [3.05, 3.63) is 65.3 Å². The molecule has 1 N–H and O–H groups in total. The number of pyridine rings is 1. The summed E-state index contributed by atoms with van der Waals surface area (Å²) < 4.78 is 1.40. The molecule has 3 heteroatoms. The van der Waals surface area contributed by atoms with E-state index in [0.717, 1.165) is 13.0 Å². The normalized spacial score (nSPS) is 12.7. The van der Waals surface area contributed by atoms with Crippen molar-refractivity contribution >= 4 is 21.4 Å². The summed E-state index contributed by atoms with van der Waals surface area (Å²) in [6, 6.07) is 13.3. The van der Waals surface area contributed by atoms with E-state index in [4.69, 9.17) is 0 Å². The molecule has 1 unspecified atom stereocenters. The Balaban J connectivity index is 1.96. The predicted molar refractivity (Wildman–Crippen MR) is 86.2 cm³/mol. The molecule has 1 atom stereocenters. The largest absolute Gasteiger partial charge is 0.310 e. The highest BCUT2D eigenvalue weighted by atomic mass is 32.1. The molecular weight excluding hydrogens is 264 g/mol. The van der Waals surface area contributed by atoms with E-state index in [1.54, 1.807) is 0 Å². The zero-order chi connectivity index (χ0) is 13.8. The van der Waals surface area contributed by atoms with Gasteiger partial charge in [0.05, 0.1) is 0 Å². The molecule has 3 aromatic rings. The highest BCUT2D eigenvalue weighted by Gasteiger charge is 2.14. The molecule has 0 saturated carbocycles. The van der Waals surface area contributed by atoms with Gasteiger partial charge in [0.25, 0.3) is 0 Å². The minimum atomic E-state index is 0.352. The smallest absolute Gasteiger partial charge is 0.0390 e. The summed E-state index contributed by atoms with van der Waals surface area (Å²) in [6.07, 6.45) is 4.72. The lowest BCUT2D eigenvalue weighted by atomic mass is 9.98. The second kappa shape index (κ2) is 6.16. The fraction of sp³-hybridized carbons (Fsp3) is 0.235. The van der Waals surface area contributed by atoms with E-state index in [0.29, 0.717) is 6.04 Å². The molecule has 20 heavy (non-hydrogen) atoms. The van der Waals surface area contributed by atoms with Crippen molar-refractivity contribution in [1.29, 1.82) is 0 Å². The standard InChI is InChI=1S/C17H18N2S/c1-2-19-16(12-13-6-9-18-10-7-13)15-5-3-4-14-8-11-20-17(14)15/h3-11,16,19H,2,12H2,1H3. The van der Waals surface area contributed by atoms with Gasteiger partial charge in [-0.1, -0.05) is 25.1 Å². The lowest BCUT2D eigenvalue weighted by molar-refractivity contribution is 0.553. The molecule has 0 aliphatic rings. The number of nitrogens with one attached hydrogen (secondary N) is 1. The second-order valence-corrected chi connectivity index (χ2v) is 5.77. The predicted octanol–water partition coefficient (Wildman–Crippen LogP) is 4.19. The summed E-state index contributed by atoms with van der Waals surface area (Å²) in [5.74, 6) is 0. The van der Waals surface area contributed by atoms with Crippen LogP contribution in [0, 0.1) is 0 Å². The maximum atomic E-state index is 4.09. The molecule has 2 nitrogen and oxygen atoms in total. The number of fused-ring (bicyclic) bond motifs is 1.